The van der Waals surface area contributed by atoms with Gasteiger partial charge in [-0.2, -0.15) is 0 Å². The van der Waals surface area contributed by atoms with Crippen LogP contribution < -0.4 is 0 Å². The van der Waals surface area contributed by atoms with E-state index in [0.29, 0.717) is 18.8 Å². The molecular formula is C10H12N2O2S. The number of nitrogens with zero attached hydrogens (tertiary/aromatic N) is 2. The maximum atomic E-state index is 11.9. The fourth-order valence-electron chi connectivity index (χ4n) is 1.63. The summed E-state index contributed by atoms with van der Waals surface area (Å²) in [6.07, 6.45) is 5.99. The summed E-state index contributed by atoms with van der Waals surface area (Å²) in [6, 6.07) is 1.60. The second kappa shape index (κ2) is 3.73. The molecule has 0 spiro atoms. The molecule has 5 heteroatoms. The van der Waals surface area contributed by atoms with E-state index in [1.807, 2.05) is 0 Å². The number of aromatic nitrogens is 2. The van der Waals surface area contributed by atoms with Gasteiger partial charge in [-0.1, -0.05) is 6.08 Å². The molecule has 0 atom stereocenters. The largest absolute Gasteiger partial charge is 0.247 e. The van der Waals surface area contributed by atoms with Crippen molar-refractivity contribution in [3.05, 3.63) is 31.1 Å². The van der Waals surface area contributed by atoms with Gasteiger partial charge in [-0.25, -0.2) is 18.4 Å². The topological polar surface area (TPSA) is 59.9 Å². The van der Waals surface area contributed by atoms with E-state index in [4.69, 9.17) is 0 Å². The Kier molecular flexibility index (Phi) is 2.56. The smallest absolute Gasteiger partial charge is 0.227 e. The molecule has 1 aromatic rings. The van der Waals surface area contributed by atoms with Crippen molar-refractivity contribution in [2.75, 3.05) is 0 Å². The van der Waals surface area contributed by atoms with Crippen molar-refractivity contribution in [1.82, 2.24) is 9.97 Å². The third-order valence-electron chi connectivity index (χ3n) is 2.70. The predicted octanol–water partition coefficient (Wildman–Crippen LogP) is 1.21. The highest BCUT2D eigenvalue weighted by Crippen LogP contribution is 2.35. The third kappa shape index (κ3) is 1.79. The lowest BCUT2D eigenvalue weighted by molar-refractivity contribution is 0.381. The van der Waals surface area contributed by atoms with Gasteiger partial charge < -0.3 is 0 Å². The Bertz CT molecular complexity index is 450. The van der Waals surface area contributed by atoms with Crippen LogP contribution in [0.4, 0.5) is 0 Å². The molecule has 0 aromatic carbocycles. The maximum Gasteiger partial charge on any atom is 0.247 e. The Morgan fingerprint density at radius 3 is 2.47 bits per heavy atom. The zero-order chi connectivity index (χ0) is 10.9. The molecule has 0 unspecified atom stereocenters. The minimum absolute atomic E-state index is 0.0579. The summed E-state index contributed by atoms with van der Waals surface area (Å²) >= 11 is 0. The highest BCUT2D eigenvalue weighted by molar-refractivity contribution is 7.91. The molecule has 1 saturated carbocycles. The normalized spacial score (nSPS) is 25.6. The van der Waals surface area contributed by atoms with Gasteiger partial charge in [0.1, 0.15) is 0 Å². The summed E-state index contributed by atoms with van der Waals surface area (Å²) in [4.78, 5) is 7.56. The van der Waals surface area contributed by atoms with Gasteiger partial charge in [-0.15, -0.1) is 6.58 Å². The highest BCUT2D eigenvalue weighted by atomic mass is 32.2. The molecule has 4 nitrogen and oxygen atoms in total. The molecule has 1 heterocycles. The first-order valence-electron chi connectivity index (χ1n) is 4.78. The zero-order valence-electron chi connectivity index (χ0n) is 8.20. The van der Waals surface area contributed by atoms with Gasteiger partial charge in [0, 0.05) is 12.4 Å². The molecule has 15 heavy (non-hydrogen) atoms. The molecule has 0 radical (unpaired) electrons. The van der Waals surface area contributed by atoms with Crippen molar-refractivity contribution >= 4 is 9.84 Å². The lowest BCUT2D eigenvalue weighted by Gasteiger charge is -2.31. The van der Waals surface area contributed by atoms with Gasteiger partial charge >= 0.3 is 0 Å². The molecule has 2 rings (SSSR count). The third-order valence-corrected chi connectivity index (χ3v) is 4.68. The van der Waals surface area contributed by atoms with Crippen LogP contribution in [0.25, 0.3) is 0 Å². The average Bonchev–Trinajstić information content (AvgIpc) is 2.17. The summed E-state index contributed by atoms with van der Waals surface area (Å²) in [5.41, 5.74) is 0. The van der Waals surface area contributed by atoms with Crippen LogP contribution in [0.5, 0.6) is 0 Å². The number of hydrogen-bond acceptors (Lipinski definition) is 4. The molecule has 1 aromatic heterocycles. The molecule has 0 saturated heterocycles. The Hall–Kier alpha value is -1.23. The molecule has 0 bridgehead atoms. The van der Waals surface area contributed by atoms with Gasteiger partial charge in [0.2, 0.25) is 15.0 Å². The van der Waals surface area contributed by atoms with E-state index in [-0.39, 0.29) is 10.4 Å². The van der Waals surface area contributed by atoms with Crippen LogP contribution in [0, 0.1) is 5.92 Å². The summed E-state index contributed by atoms with van der Waals surface area (Å²) < 4.78 is 23.8. The molecule has 1 aliphatic rings. The fraction of sp³-hybridized carbons (Fsp3) is 0.400. The molecule has 1 aliphatic carbocycles. The van der Waals surface area contributed by atoms with Crippen LogP contribution in [-0.4, -0.2) is 23.6 Å². The predicted molar refractivity (Wildman–Crippen MR) is 55.9 cm³/mol. The zero-order valence-corrected chi connectivity index (χ0v) is 9.02. The van der Waals surface area contributed by atoms with E-state index < -0.39 is 9.84 Å². The van der Waals surface area contributed by atoms with Gasteiger partial charge in [0.25, 0.3) is 0 Å². The van der Waals surface area contributed by atoms with Crippen molar-refractivity contribution in [3.63, 3.8) is 0 Å². The monoisotopic (exact) mass is 224 g/mol. The Morgan fingerprint density at radius 2 is 1.93 bits per heavy atom. The van der Waals surface area contributed by atoms with E-state index in [0.717, 1.165) is 0 Å². The Balaban J connectivity index is 2.19. The van der Waals surface area contributed by atoms with Gasteiger partial charge in [0.05, 0.1) is 5.25 Å². The van der Waals surface area contributed by atoms with Gasteiger partial charge in [-0.3, -0.25) is 0 Å². The quantitative estimate of drug-likeness (QED) is 0.572. The first-order valence-corrected chi connectivity index (χ1v) is 6.32. The van der Waals surface area contributed by atoms with Crippen molar-refractivity contribution in [1.29, 1.82) is 0 Å². The fourth-order valence-corrected chi connectivity index (χ4v) is 3.35. The van der Waals surface area contributed by atoms with Crippen molar-refractivity contribution in [2.45, 2.75) is 23.2 Å². The van der Waals surface area contributed by atoms with E-state index in [9.17, 15) is 8.42 Å². The lowest BCUT2D eigenvalue weighted by atomic mass is 9.85. The van der Waals surface area contributed by atoms with Crippen molar-refractivity contribution < 1.29 is 8.42 Å². The Labute approximate surface area is 89.0 Å². The highest BCUT2D eigenvalue weighted by Gasteiger charge is 2.39. The van der Waals surface area contributed by atoms with Gasteiger partial charge in [-0.05, 0) is 24.8 Å². The van der Waals surface area contributed by atoms with Crippen LogP contribution in [0.3, 0.4) is 0 Å². The molecule has 0 N–H and O–H groups in total. The summed E-state index contributed by atoms with van der Waals surface area (Å²) in [5, 5.41) is -0.389. The molecule has 1 fully saturated rings. The summed E-state index contributed by atoms with van der Waals surface area (Å²) in [7, 11) is -3.32. The number of allylic oxidation sites excluding steroid dienone is 1. The van der Waals surface area contributed by atoms with Crippen molar-refractivity contribution in [3.8, 4) is 0 Å². The molecule has 0 aliphatic heterocycles. The average molecular weight is 224 g/mol. The van der Waals surface area contributed by atoms with E-state index in [2.05, 4.69) is 16.5 Å². The Morgan fingerprint density at radius 1 is 1.33 bits per heavy atom. The van der Waals surface area contributed by atoms with Crippen LogP contribution >= 0.6 is 0 Å². The molecule has 0 amide bonds. The minimum Gasteiger partial charge on any atom is -0.227 e. The first kappa shape index (κ1) is 10.3. The van der Waals surface area contributed by atoms with Gasteiger partial charge in [0.15, 0.2) is 0 Å². The van der Waals surface area contributed by atoms with E-state index in [1.54, 1.807) is 12.1 Å². The number of hydrogen-bond donors (Lipinski definition) is 0. The lowest BCUT2D eigenvalue weighted by Crippen LogP contribution is -2.35. The van der Waals surface area contributed by atoms with E-state index >= 15 is 0 Å². The van der Waals surface area contributed by atoms with Crippen LogP contribution in [0.1, 0.15) is 12.8 Å². The summed E-state index contributed by atoms with van der Waals surface area (Å²) in [5.74, 6) is 0.327. The minimum atomic E-state index is -3.32. The van der Waals surface area contributed by atoms with Crippen LogP contribution in [0.15, 0.2) is 36.3 Å². The van der Waals surface area contributed by atoms with E-state index in [1.165, 1.54) is 12.4 Å². The van der Waals surface area contributed by atoms with Crippen LogP contribution in [-0.2, 0) is 9.84 Å². The maximum absolute atomic E-state index is 11.9. The standard InChI is InChI=1S/C10H12N2O2S/c1-2-8-6-9(7-8)15(13,14)10-11-4-3-5-12-10/h2-5,8-9H,1,6-7H2/t8-,9+. The number of sulfone groups is 1. The SMILES string of the molecule is C=C[C@H]1C[C@@H](S(=O)(=O)c2ncccn2)C1. The number of rotatable bonds is 3. The first-order chi connectivity index (χ1) is 7.14. The van der Waals surface area contributed by atoms with Crippen LogP contribution in [0.2, 0.25) is 0 Å². The van der Waals surface area contributed by atoms with Crippen molar-refractivity contribution in [2.24, 2.45) is 5.92 Å². The molecular weight excluding hydrogens is 212 g/mol. The summed E-state index contributed by atoms with van der Waals surface area (Å²) in [6.45, 7) is 3.65. The second-order valence-electron chi connectivity index (χ2n) is 3.67. The molecule has 80 valence electrons. The second-order valence-corrected chi connectivity index (χ2v) is 5.79.